The summed E-state index contributed by atoms with van der Waals surface area (Å²) in [6.45, 7) is 7.53. The molecule has 0 aliphatic carbocycles. The van der Waals surface area contributed by atoms with Gasteiger partial charge in [0.2, 0.25) is 0 Å². The van der Waals surface area contributed by atoms with Gasteiger partial charge in [0.05, 0.1) is 25.0 Å². The zero-order valence-electron chi connectivity index (χ0n) is 17.1. The first-order valence-electron chi connectivity index (χ1n) is 10.0. The molecular weight excluding hydrogens is 350 g/mol. The molecule has 2 heterocycles. The Labute approximate surface area is 168 Å². The van der Waals surface area contributed by atoms with Gasteiger partial charge in [-0.05, 0) is 50.5 Å². The zero-order valence-corrected chi connectivity index (χ0v) is 17.1. The molecule has 1 fully saturated rings. The van der Waals surface area contributed by atoms with E-state index in [2.05, 4.69) is 52.6 Å². The lowest BCUT2D eigenvalue weighted by Gasteiger charge is -2.36. The highest BCUT2D eigenvalue weighted by molar-refractivity contribution is 5.80. The quantitative estimate of drug-likeness (QED) is 0.595. The van der Waals surface area contributed by atoms with Gasteiger partial charge in [0.15, 0.2) is 5.96 Å². The first-order valence-corrected chi connectivity index (χ1v) is 10.0. The van der Waals surface area contributed by atoms with E-state index in [4.69, 9.17) is 9.73 Å². The molecule has 0 saturated carbocycles. The number of ether oxygens (including phenoxy) is 1. The van der Waals surface area contributed by atoms with Crippen molar-refractivity contribution in [3.63, 3.8) is 0 Å². The Morgan fingerprint density at radius 1 is 1.29 bits per heavy atom. The maximum atomic E-state index is 5.55. The van der Waals surface area contributed by atoms with Crippen LogP contribution in [0.4, 0.5) is 5.69 Å². The molecular formula is C22H31N5O. The number of aromatic nitrogens is 1. The van der Waals surface area contributed by atoms with Crippen molar-refractivity contribution in [2.75, 3.05) is 31.6 Å². The predicted octanol–water partition coefficient (Wildman–Crippen LogP) is 3.12. The fourth-order valence-electron chi connectivity index (χ4n) is 3.56. The van der Waals surface area contributed by atoms with E-state index in [1.807, 2.05) is 24.4 Å². The highest BCUT2D eigenvalue weighted by Crippen LogP contribution is 2.29. The third-order valence-electron chi connectivity index (χ3n) is 5.04. The van der Waals surface area contributed by atoms with Gasteiger partial charge in [0.1, 0.15) is 5.75 Å². The van der Waals surface area contributed by atoms with Crippen LogP contribution in [0.15, 0.2) is 47.6 Å². The van der Waals surface area contributed by atoms with Crippen molar-refractivity contribution < 1.29 is 4.74 Å². The summed E-state index contributed by atoms with van der Waals surface area (Å²) in [4.78, 5) is 11.6. The normalized spacial score (nSPS) is 17.3. The number of hydrogen-bond donors (Lipinski definition) is 2. The van der Waals surface area contributed by atoms with Crippen LogP contribution in [0.3, 0.4) is 0 Å². The number of guanidine groups is 1. The number of aryl methyl sites for hydroxylation is 1. The molecule has 28 heavy (non-hydrogen) atoms. The number of anilines is 1. The second-order valence-corrected chi connectivity index (χ2v) is 7.06. The van der Waals surface area contributed by atoms with Crippen molar-refractivity contribution in [3.8, 4) is 5.75 Å². The third kappa shape index (κ3) is 5.15. The van der Waals surface area contributed by atoms with Crippen LogP contribution >= 0.6 is 0 Å². The van der Waals surface area contributed by atoms with E-state index in [1.54, 1.807) is 7.11 Å². The van der Waals surface area contributed by atoms with E-state index in [1.165, 1.54) is 5.56 Å². The molecule has 1 unspecified atom stereocenters. The van der Waals surface area contributed by atoms with Crippen LogP contribution in [0.25, 0.3) is 0 Å². The van der Waals surface area contributed by atoms with Crippen LogP contribution in [0, 0.1) is 6.92 Å². The summed E-state index contributed by atoms with van der Waals surface area (Å²) in [5, 5.41) is 6.98. The summed E-state index contributed by atoms with van der Waals surface area (Å²) in [7, 11) is 1.73. The smallest absolute Gasteiger partial charge is 0.191 e. The predicted molar refractivity (Wildman–Crippen MR) is 115 cm³/mol. The summed E-state index contributed by atoms with van der Waals surface area (Å²) < 4.78 is 5.55. The van der Waals surface area contributed by atoms with E-state index in [0.29, 0.717) is 12.6 Å². The molecule has 1 atom stereocenters. The Kier molecular flexibility index (Phi) is 7.12. The van der Waals surface area contributed by atoms with Crippen molar-refractivity contribution in [3.05, 3.63) is 53.9 Å². The van der Waals surface area contributed by atoms with Gasteiger partial charge in [-0.1, -0.05) is 18.2 Å². The Morgan fingerprint density at radius 3 is 2.93 bits per heavy atom. The third-order valence-corrected chi connectivity index (χ3v) is 5.04. The lowest BCUT2D eigenvalue weighted by Crippen LogP contribution is -2.51. The van der Waals surface area contributed by atoms with E-state index in [9.17, 15) is 0 Å². The van der Waals surface area contributed by atoms with Crippen LogP contribution in [-0.2, 0) is 6.54 Å². The Hall–Kier alpha value is -2.76. The Morgan fingerprint density at radius 2 is 2.14 bits per heavy atom. The lowest BCUT2D eigenvalue weighted by molar-refractivity contribution is 0.408. The highest BCUT2D eigenvalue weighted by Gasteiger charge is 2.22. The minimum atomic E-state index is 0.335. The molecule has 2 aromatic rings. The lowest BCUT2D eigenvalue weighted by atomic mass is 10.0. The van der Waals surface area contributed by atoms with Gasteiger partial charge in [-0.2, -0.15) is 0 Å². The molecule has 3 rings (SSSR count). The SMILES string of the molecule is CCNC(=NCc1ncccc1C)NC1CCCN(c2ccccc2OC)C1. The van der Waals surface area contributed by atoms with Crippen LogP contribution in [0.5, 0.6) is 5.75 Å². The molecule has 6 heteroatoms. The molecule has 2 N–H and O–H groups in total. The van der Waals surface area contributed by atoms with Crippen LogP contribution < -0.4 is 20.3 Å². The monoisotopic (exact) mass is 381 g/mol. The van der Waals surface area contributed by atoms with Gasteiger partial charge in [0, 0.05) is 31.9 Å². The number of para-hydroxylation sites is 2. The van der Waals surface area contributed by atoms with Gasteiger partial charge >= 0.3 is 0 Å². The molecule has 1 aromatic carbocycles. The number of rotatable bonds is 6. The average molecular weight is 382 g/mol. The fraction of sp³-hybridized carbons (Fsp3) is 0.455. The van der Waals surface area contributed by atoms with E-state index < -0.39 is 0 Å². The molecule has 1 aromatic heterocycles. The van der Waals surface area contributed by atoms with Crippen molar-refractivity contribution in [2.45, 2.75) is 39.3 Å². The second kappa shape index (κ2) is 9.97. The van der Waals surface area contributed by atoms with Gasteiger partial charge in [0.25, 0.3) is 0 Å². The Bertz CT molecular complexity index is 792. The molecule has 6 nitrogen and oxygen atoms in total. The first-order chi connectivity index (χ1) is 13.7. The molecule has 1 aliphatic heterocycles. The molecule has 150 valence electrons. The Balaban J connectivity index is 1.67. The number of nitrogens with zero attached hydrogens (tertiary/aromatic N) is 3. The maximum Gasteiger partial charge on any atom is 0.191 e. The van der Waals surface area contributed by atoms with Gasteiger partial charge in [-0.15, -0.1) is 0 Å². The number of aliphatic imine (C=N–C) groups is 1. The number of methoxy groups -OCH3 is 1. The first kappa shape index (κ1) is 20.0. The van der Waals surface area contributed by atoms with Crippen molar-refractivity contribution in [2.24, 2.45) is 4.99 Å². The van der Waals surface area contributed by atoms with Gasteiger partial charge in [-0.25, -0.2) is 4.99 Å². The minimum absolute atomic E-state index is 0.335. The minimum Gasteiger partial charge on any atom is -0.495 e. The van der Waals surface area contributed by atoms with Crippen LogP contribution in [-0.4, -0.2) is 43.7 Å². The maximum absolute atomic E-state index is 5.55. The standard InChI is InChI=1S/C22H31N5O/c1-4-23-22(25-15-19-17(2)9-7-13-24-19)26-18-10-8-14-27(16-18)20-11-5-6-12-21(20)28-3/h5-7,9,11-13,18H,4,8,10,14-16H2,1-3H3,(H2,23,25,26). The van der Waals surface area contributed by atoms with Crippen molar-refractivity contribution in [1.82, 2.24) is 15.6 Å². The van der Waals surface area contributed by atoms with Gasteiger partial charge < -0.3 is 20.3 Å². The summed E-state index contributed by atoms with van der Waals surface area (Å²) in [5.41, 5.74) is 3.34. The van der Waals surface area contributed by atoms with E-state index >= 15 is 0 Å². The largest absolute Gasteiger partial charge is 0.495 e. The number of pyridine rings is 1. The molecule has 0 spiro atoms. The molecule has 1 aliphatic rings. The highest BCUT2D eigenvalue weighted by atomic mass is 16.5. The van der Waals surface area contributed by atoms with E-state index in [-0.39, 0.29) is 0 Å². The van der Waals surface area contributed by atoms with Crippen LogP contribution in [0.1, 0.15) is 31.0 Å². The number of piperidine rings is 1. The zero-order chi connectivity index (χ0) is 19.8. The fourth-order valence-corrected chi connectivity index (χ4v) is 3.56. The average Bonchev–Trinajstić information content (AvgIpc) is 2.73. The van der Waals surface area contributed by atoms with Gasteiger partial charge in [-0.3, -0.25) is 4.98 Å². The number of nitrogens with one attached hydrogen (secondary N) is 2. The number of hydrogen-bond acceptors (Lipinski definition) is 4. The van der Waals surface area contributed by atoms with Crippen LogP contribution in [0.2, 0.25) is 0 Å². The molecule has 0 radical (unpaired) electrons. The number of benzene rings is 1. The second-order valence-electron chi connectivity index (χ2n) is 7.06. The summed E-state index contributed by atoms with van der Waals surface area (Å²) >= 11 is 0. The summed E-state index contributed by atoms with van der Waals surface area (Å²) in [6.07, 6.45) is 4.08. The summed E-state index contributed by atoms with van der Waals surface area (Å²) in [5.74, 6) is 1.77. The van der Waals surface area contributed by atoms with Crippen molar-refractivity contribution in [1.29, 1.82) is 0 Å². The summed E-state index contributed by atoms with van der Waals surface area (Å²) in [6, 6.07) is 12.6. The van der Waals surface area contributed by atoms with Crippen molar-refractivity contribution >= 4 is 11.6 Å². The molecule has 0 amide bonds. The topological polar surface area (TPSA) is 61.8 Å². The molecule has 1 saturated heterocycles. The van der Waals surface area contributed by atoms with E-state index in [0.717, 1.165) is 55.6 Å². The molecule has 0 bridgehead atoms.